The molecule has 0 saturated carbocycles. The van der Waals surface area contributed by atoms with Gasteiger partial charge in [-0.05, 0) is 6.92 Å². The Morgan fingerprint density at radius 1 is 1.75 bits per heavy atom. The Labute approximate surface area is 71.8 Å². The van der Waals surface area contributed by atoms with Gasteiger partial charge >= 0.3 is 5.97 Å². The highest BCUT2D eigenvalue weighted by Crippen LogP contribution is 1.91. The van der Waals surface area contributed by atoms with Gasteiger partial charge in [-0.25, -0.2) is 4.79 Å². The van der Waals surface area contributed by atoms with Crippen LogP contribution < -0.4 is 0 Å². The number of hydrogen-bond acceptors (Lipinski definition) is 3. The number of carboxylic acids is 1. The molecule has 12 heavy (non-hydrogen) atoms. The maximum absolute atomic E-state index is 10.1. The summed E-state index contributed by atoms with van der Waals surface area (Å²) in [4.78, 5) is 10.1. The molecule has 0 radical (unpaired) electrons. The summed E-state index contributed by atoms with van der Waals surface area (Å²) in [6.07, 6.45) is 1.44. The fourth-order valence-electron chi connectivity index (χ4n) is 0.579. The van der Waals surface area contributed by atoms with Crippen molar-refractivity contribution in [2.75, 3.05) is 19.8 Å². The van der Waals surface area contributed by atoms with Gasteiger partial charge in [-0.15, -0.1) is 6.58 Å². The zero-order chi connectivity index (χ0) is 9.40. The fraction of sp³-hybridized carbons (Fsp3) is 0.625. The van der Waals surface area contributed by atoms with Crippen LogP contribution in [0.15, 0.2) is 12.7 Å². The molecule has 0 aliphatic carbocycles. The van der Waals surface area contributed by atoms with E-state index in [0.29, 0.717) is 13.2 Å². The largest absolute Gasteiger partial charge is 0.480 e. The summed E-state index contributed by atoms with van der Waals surface area (Å²) in [6, 6.07) is 0. The van der Waals surface area contributed by atoms with E-state index in [0.717, 1.165) is 0 Å². The molecule has 1 atom stereocenters. The highest BCUT2D eigenvalue weighted by atomic mass is 16.5. The molecule has 4 heteroatoms. The standard InChI is InChI=1S/C8H14O4/c1-3-4-11-5-7(2)12-6-8(9)10/h3,7H,1,4-6H2,2H3,(H,9,10). The van der Waals surface area contributed by atoms with Crippen molar-refractivity contribution in [1.29, 1.82) is 0 Å². The minimum absolute atomic E-state index is 0.193. The van der Waals surface area contributed by atoms with Gasteiger partial charge in [-0.2, -0.15) is 0 Å². The Balaban J connectivity index is 3.26. The molecular weight excluding hydrogens is 160 g/mol. The van der Waals surface area contributed by atoms with Gasteiger partial charge in [-0.1, -0.05) is 6.08 Å². The van der Waals surface area contributed by atoms with Crippen LogP contribution in [0.1, 0.15) is 6.92 Å². The molecule has 0 amide bonds. The molecule has 0 aromatic heterocycles. The third-order valence-corrected chi connectivity index (χ3v) is 1.08. The first-order valence-electron chi connectivity index (χ1n) is 3.69. The summed E-state index contributed by atoms with van der Waals surface area (Å²) in [5.74, 6) is -0.967. The zero-order valence-electron chi connectivity index (χ0n) is 7.16. The monoisotopic (exact) mass is 174 g/mol. The third kappa shape index (κ3) is 7.24. The second-order valence-electron chi connectivity index (χ2n) is 2.34. The summed E-state index contributed by atoms with van der Waals surface area (Å²) in [7, 11) is 0. The predicted octanol–water partition coefficient (Wildman–Crippen LogP) is 0.679. The summed E-state index contributed by atoms with van der Waals surface area (Å²) in [6.45, 7) is 5.80. The van der Waals surface area contributed by atoms with Gasteiger partial charge in [0.1, 0.15) is 6.61 Å². The van der Waals surface area contributed by atoms with Crippen molar-refractivity contribution < 1.29 is 19.4 Å². The molecule has 4 nitrogen and oxygen atoms in total. The van der Waals surface area contributed by atoms with Crippen LogP contribution in [-0.2, 0) is 14.3 Å². The van der Waals surface area contributed by atoms with E-state index >= 15 is 0 Å². The third-order valence-electron chi connectivity index (χ3n) is 1.08. The molecule has 0 rings (SSSR count). The lowest BCUT2D eigenvalue weighted by atomic mass is 10.4. The summed E-state index contributed by atoms with van der Waals surface area (Å²) >= 11 is 0. The van der Waals surface area contributed by atoms with Crippen molar-refractivity contribution in [3.8, 4) is 0 Å². The van der Waals surface area contributed by atoms with Crippen LogP contribution in [0.3, 0.4) is 0 Å². The molecule has 1 N–H and O–H groups in total. The van der Waals surface area contributed by atoms with E-state index in [4.69, 9.17) is 14.6 Å². The Kier molecular flexibility index (Phi) is 6.32. The normalized spacial score (nSPS) is 12.4. The molecule has 0 bridgehead atoms. The smallest absolute Gasteiger partial charge is 0.329 e. The van der Waals surface area contributed by atoms with E-state index in [9.17, 15) is 4.79 Å². The molecule has 0 aromatic carbocycles. The lowest BCUT2D eigenvalue weighted by Crippen LogP contribution is -2.20. The Morgan fingerprint density at radius 2 is 2.42 bits per heavy atom. The molecule has 0 spiro atoms. The maximum atomic E-state index is 10.1. The Morgan fingerprint density at radius 3 is 2.92 bits per heavy atom. The van der Waals surface area contributed by atoms with Gasteiger partial charge < -0.3 is 14.6 Å². The van der Waals surface area contributed by atoms with Gasteiger partial charge in [-0.3, -0.25) is 0 Å². The quantitative estimate of drug-likeness (QED) is 0.455. The molecule has 70 valence electrons. The van der Waals surface area contributed by atoms with Crippen molar-refractivity contribution in [2.45, 2.75) is 13.0 Å². The van der Waals surface area contributed by atoms with E-state index in [1.54, 1.807) is 13.0 Å². The van der Waals surface area contributed by atoms with Crippen molar-refractivity contribution in [3.05, 3.63) is 12.7 Å². The maximum Gasteiger partial charge on any atom is 0.329 e. The van der Waals surface area contributed by atoms with E-state index in [2.05, 4.69) is 6.58 Å². The van der Waals surface area contributed by atoms with Crippen molar-refractivity contribution >= 4 is 5.97 Å². The number of hydrogen-bond donors (Lipinski definition) is 1. The first kappa shape index (κ1) is 11.1. The molecule has 0 fully saturated rings. The topological polar surface area (TPSA) is 55.8 Å². The molecule has 0 saturated heterocycles. The highest BCUT2D eigenvalue weighted by Gasteiger charge is 2.04. The minimum atomic E-state index is -0.967. The molecular formula is C8H14O4. The first-order valence-corrected chi connectivity index (χ1v) is 3.69. The minimum Gasteiger partial charge on any atom is -0.480 e. The van der Waals surface area contributed by atoms with Gasteiger partial charge in [0.25, 0.3) is 0 Å². The highest BCUT2D eigenvalue weighted by molar-refractivity contribution is 5.68. The molecule has 0 aliphatic heterocycles. The number of aliphatic carboxylic acids is 1. The van der Waals surface area contributed by atoms with Crippen molar-refractivity contribution in [2.24, 2.45) is 0 Å². The summed E-state index contributed by atoms with van der Waals surface area (Å²) in [5, 5.41) is 8.25. The number of carboxylic acid groups (broad SMARTS) is 1. The van der Waals surface area contributed by atoms with Crippen LogP contribution in [0.4, 0.5) is 0 Å². The lowest BCUT2D eigenvalue weighted by molar-refractivity contribution is -0.145. The van der Waals surface area contributed by atoms with Crippen LogP contribution in [0.5, 0.6) is 0 Å². The van der Waals surface area contributed by atoms with Gasteiger partial charge in [0, 0.05) is 0 Å². The van der Waals surface area contributed by atoms with Crippen LogP contribution in [0, 0.1) is 0 Å². The SMILES string of the molecule is C=CCOCC(C)OCC(=O)O. The Bertz CT molecular complexity index is 144. The fourth-order valence-corrected chi connectivity index (χ4v) is 0.579. The Hall–Kier alpha value is -0.870. The van der Waals surface area contributed by atoms with Crippen molar-refractivity contribution in [1.82, 2.24) is 0 Å². The summed E-state index contributed by atoms with van der Waals surface area (Å²) in [5.41, 5.74) is 0. The van der Waals surface area contributed by atoms with Crippen LogP contribution in [0.25, 0.3) is 0 Å². The van der Waals surface area contributed by atoms with Gasteiger partial charge in [0.05, 0.1) is 19.3 Å². The van der Waals surface area contributed by atoms with Gasteiger partial charge in [0.15, 0.2) is 0 Å². The average molecular weight is 174 g/mol. The second-order valence-corrected chi connectivity index (χ2v) is 2.34. The second kappa shape index (κ2) is 6.82. The number of rotatable bonds is 7. The van der Waals surface area contributed by atoms with E-state index in [1.807, 2.05) is 0 Å². The molecule has 0 aliphatic rings. The number of ether oxygens (including phenoxy) is 2. The van der Waals surface area contributed by atoms with Crippen LogP contribution >= 0.6 is 0 Å². The number of carbonyl (C=O) groups is 1. The van der Waals surface area contributed by atoms with Crippen molar-refractivity contribution in [3.63, 3.8) is 0 Å². The summed E-state index contributed by atoms with van der Waals surface area (Å²) < 4.78 is 9.93. The molecule has 0 heterocycles. The van der Waals surface area contributed by atoms with Crippen LogP contribution in [0.2, 0.25) is 0 Å². The van der Waals surface area contributed by atoms with E-state index in [-0.39, 0.29) is 12.7 Å². The van der Waals surface area contributed by atoms with Crippen LogP contribution in [-0.4, -0.2) is 37.0 Å². The molecule has 0 aromatic rings. The average Bonchev–Trinajstić information content (AvgIpc) is 2.01. The van der Waals surface area contributed by atoms with Gasteiger partial charge in [0.2, 0.25) is 0 Å². The molecule has 1 unspecified atom stereocenters. The lowest BCUT2D eigenvalue weighted by Gasteiger charge is -2.10. The zero-order valence-corrected chi connectivity index (χ0v) is 7.16. The predicted molar refractivity (Wildman–Crippen MR) is 44.1 cm³/mol. The van der Waals surface area contributed by atoms with E-state index in [1.165, 1.54) is 0 Å². The first-order chi connectivity index (χ1) is 5.66. The van der Waals surface area contributed by atoms with E-state index < -0.39 is 5.97 Å².